The topological polar surface area (TPSA) is 55.1 Å². The number of hydrogen-bond donors (Lipinski definition) is 2. The van der Waals surface area contributed by atoms with Crippen LogP contribution in [-0.2, 0) is 4.79 Å². The van der Waals surface area contributed by atoms with Crippen LogP contribution in [0.1, 0.15) is 58.8 Å². The van der Waals surface area contributed by atoms with Crippen molar-refractivity contribution in [2.75, 3.05) is 6.54 Å². The molecule has 0 bridgehead atoms. The molecule has 0 aliphatic heterocycles. The summed E-state index contributed by atoms with van der Waals surface area (Å²) in [5, 5.41) is 3.16. The van der Waals surface area contributed by atoms with Crippen molar-refractivity contribution in [1.29, 1.82) is 0 Å². The molecule has 1 aliphatic rings. The summed E-state index contributed by atoms with van der Waals surface area (Å²) in [7, 11) is 0. The minimum atomic E-state index is -0.428. The van der Waals surface area contributed by atoms with Crippen LogP contribution in [0, 0.1) is 5.41 Å². The van der Waals surface area contributed by atoms with Crippen molar-refractivity contribution in [2.24, 2.45) is 11.1 Å². The number of halogens is 1. The fourth-order valence-electron chi connectivity index (χ4n) is 2.07. The van der Waals surface area contributed by atoms with E-state index in [1.807, 2.05) is 13.8 Å². The third-order valence-corrected chi connectivity index (χ3v) is 3.57. The Morgan fingerprint density at radius 3 is 2.12 bits per heavy atom. The molecule has 1 fully saturated rings. The fraction of sp³-hybridized carbons (Fsp3) is 0.923. The third-order valence-electron chi connectivity index (χ3n) is 3.57. The van der Waals surface area contributed by atoms with Crippen molar-refractivity contribution in [2.45, 2.75) is 64.8 Å². The van der Waals surface area contributed by atoms with E-state index in [4.69, 9.17) is 5.73 Å². The third kappa shape index (κ3) is 5.73. The lowest BCUT2D eigenvalue weighted by Gasteiger charge is -2.27. The predicted molar refractivity (Wildman–Crippen MR) is 74.3 cm³/mol. The lowest BCUT2D eigenvalue weighted by atomic mass is 9.90. The molecule has 1 aliphatic carbocycles. The quantitative estimate of drug-likeness (QED) is 0.822. The van der Waals surface area contributed by atoms with E-state index in [1.54, 1.807) is 0 Å². The van der Waals surface area contributed by atoms with Crippen LogP contribution >= 0.6 is 12.4 Å². The number of amides is 1. The van der Waals surface area contributed by atoms with E-state index in [0.717, 1.165) is 12.8 Å². The molecule has 0 unspecified atom stereocenters. The normalized spacial score (nSPS) is 18.8. The number of carbonyl (C=O) groups is 1. The zero-order valence-corrected chi connectivity index (χ0v) is 11.9. The maximum Gasteiger partial charge on any atom is 0.227 e. The summed E-state index contributed by atoms with van der Waals surface area (Å²) in [6.45, 7) is 4.22. The first kappa shape index (κ1) is 16.7. The smallest absolute Gasteiger partial charge is 0.227 e. The van der Waals surface area contributed by atoms with Crippen LogP contribution in [0.5, 0.6) is 0 Å². The van der Waals surface area contributed by atoms with Gasteiger partial charge in [-0.2, -0.15) is 0 Å². The van der Waals surface area contributed by atoms with E-state index in [9.17, 15) is 4.79 Å². The summed E-state index contributed by atoms with van der Waals surface area (Å²) in [6.07, 6.45) is 8.73. The van der Waals surface area contributed by atoms with Gasteiger partial charge in [0.1, 0.15) is 0 Å². The van der Waals surface area contributed by atoms with Crippen molar-refractivity contribution in [3.05, 3.63) is 0 Å². The van der Waals surface area contributed by atoms with Gasteiger partial charge in [0.2, 0.25) is 5.91 Å². The Kier molecular flexibility index (Phi) is 7.80. The summed E-state index contributed by atoms with van der Waals surface area (Å²) in [6, 6.07) is 0.374. The molecule has 0 atom stereocenters. The van der Waals surface area contributed by atoms with Crippen LogP contribution in [0.15, 0.2) is 0 Å². The van der Waals surface area contributed by atoms with Gasteiger partial charge in [-0.15, -0.1) is 12.4 Å². The van der Waals surface area contributed by atoms with Gasteiger partial charge in [-0.1, -0.05) is 32.1 Å². The zero-order chi connectivity index (χ0) is 12.0. The van der Waals surface area contributed by atoms with Crippen molar-refractivity contribution in [3.8, 4) is 0 Å². The van der Waals surface area contributed by atoms with Gasteiger partial charge in [-0.3, -0.25) is 4.79 Å². The molecule has 3 N–H and O–H groups in total. The van der Waals surface area contributed by atoms with Crippen molar-refractivity contribution in [1.82, 2.24) is 5.32 Å². The maximum absolute atomic E-state index is 12.0. The molecule has 3 nitrogen and oxygen atoms in total. The molecule has 1 rings (SSSR count). The minimum Gasteiger partial charge on any atom is -0.353 e. The van der Waals surface area contributed by atoms with Crippen LogP contribution in [0.3, 0.4) is 0 Å². The molecular formula is C13H27ClN2O. The predicted octanol–water partition coefficient (Wildman–Crippen LogP) is 2.62. The van der Waals surface area contributed by atoms with Crippen molar-refractivity contribution < 1.29 is 4.79 Å². The highest BCUT2D eigenvalue weighted by molar-refractivity contribution is 5.85. The Balaban J connectivity index is 0.00000256. The van der Waals surface area contributed by atoms with Gasteiger partial charge in [0, 0.05) is 12.6 Å². The molecule has 0 heterocycles. The molecule has 1 saturated carbocycles. The number of nitrogens with two attached hydrogens (primary N) is 1. The molecule has 0 aromatic carbocycles. The highest BCUT2D eigenvalue weighted by Crippen LogP contribution is 2.19. The van der Waals surface area contributed by atoms with Gasteiger partial charge in [-0.25, -0.2) is 0 Å². The van der Waals surface area contributed by atoms with Crippen LogP contribution in [0.2, 0.25) is 0 Å². The SMILES string of the molecule is CC(C)(CN)C(=O)NC1CCCCCCC1.Cl. The number of hydrogen-bond acceptors (Lipinski definition) is 2. The van der Waals surface area contributed by atoms with E-state index < -0.39 is 5.41 Å². The average Bonchev–Trinajstić information content (AvgIpc) is 2.21. The Labute approximate surface area is 111 Å². The number of carbonyl (C=O) groups excluding carboxylic acids is 1. The van der Waals surface area contributed by atoms with Gasteiger partial charge in [0.05, 0.1) is 5.41 Å². The Hall–Kier alpha value is -0.280. The van der Waals surface area contributed by atoms with Crippen LogP contribution in [0.25, 0.3) is 0 Å². The summed E-state index contributed by atoms with van der Waals surface area (Å²) >= 11 is 0. The van der Waals surface area contributed by atoms with E-state index >= 15 is 0 Å². The second-order valence-electron chi connectivity index (χ2n) is 5.60. The molecule has 102 valence electrons. The fourth-order valence-corrected chi connectivity index (χ4v) is 2.07. The van der Waals surface area contributed by atoms with Crippen molar-refractivity contribution >= 4 is 18.3 Å². The molecule has 0 aromatic heterocycles. The van der Waals surface area contributed by atoms with Crippen molar-refractivity contribution in [3.63, 3.8) is 0 Å². The zero-order valence-electron chi connectivity index (χ0n) is 11.1. The minimum absolute atomic E-state index is 0. The highest BCUT2D eigenvalue weighted by atomic mass is 35.5. The summed E-state index contributed by atoms with van der Waals surface area (Å²) in [4.78, 5) is 12.0. The molecule has 17 heavy (non-hydrogen) atoms. The standard InChI is InChI=1S/C13H26N2O.ClH/c1-13(2,10-14)12(16)15-11-8-6-4-3-5-7-9-11;/h11H,3-10,14H2,1-2H3,(H,15,16);1H. The van der Waals surface area contributed by atoms with Crippen LogP contribution in [0.4, 0.5) is 0 Å². The number of rotatable bonds is 3. The van der Waals surface area contributed by atoms with Crippen LogP contribution < -0.4 is 11.1 Å². The van der Waals surface area contributed by atoms with Gasteiger partial charge >= 0.3 is 0 Å². The first-order valence-electron chi connectivity index (χ1n) is 6.57. The lowest BCUT2D eigenvalue weighted by molar-refractivity contribution is -0.129. The first-order chi connectivity index (χ1) is 7.56. The second-order valence-corrected chi connectivity index (χ2v) is 5.60. The molecular weight excluding hydrogens is 236 g/mol. The Bertz CT molecular complexity index is 223. The summed E-state index contributed by atoms with van der Waals surface area (Å²) in [5.74, 6) is 0.112. The second kappa shape index (κ2) is 7.93. The molecule has 0 aromatic rings. The molecule has 0 spiro atoms. The van der Waals surface area contributed by atoms with Gasteiger partial charge in [0.15, 0.2) is 0 Å². The van der Waals surface area contributed by atoms with Gasteiger partial charge in [-0.05, 0) is 26.7 Å². The monoisotopic (exact) mass is 262 g/mol. The molecule has 1 amide bonds. The first-order valence-corrected chi connectivity index (χ1v) is 6.57. The van der Waals surface area contributed by atoms with Crippen LogP contribution in [-0.4, -0.2) is 18.5 Å². The number of nitrogens with one attached hydrogen (secondary N) is 1. The van der Waals surface area contributed by atoms with Gasteiger partial charge in [0.25, 0.3) is 0 Å². The van der Waals surface area contributed by atoms with Gasteiger partial charge < -0.3 is 11.1 Å². The molecule has 0 radical (unpaired) electrons. The van der Waals surface area contributed by atoms with E-state index in [1.165, 1.54) is 32.1 Å². The molecule has 4 heteroatoms. The lowest BCUT2D eigenvalue weighted by Crippen LogP contribution is -2.46. The molecule has 0 saturated heterocycles. The Morgan fingerprint density at radius 2 is 1.65 bits per heavy atom. The van der Waals surface area contributed by atoms with E-state index in [0.29, 0.717) is 12.6 Å². The average molecular weight is 263 g/mol. The Morgan fingerprint density at radius 1 is 1.18 bits per heavy atom. The maximum atomic E-state index is 12.0. The largest absolute Gasteiger partial charge is 0.353 e. The summed E-state index contributed by atoms with van der Waals surface area (Å²) < 4.78 is 0. The van der Waals surface area contributed by atoms with E-state index in [-0.39, 0.29) is 18.3 Å². The van der Waals surface area contributed by atoms with E-state index in [2.05, 4.69) is 5.32 Å². The summed E-state index contributed by atoms with van der Waals surface area (Å²) in [5.41, 5.74) is 5.18. The highest BCUT2D eigenvalue weighted by Gasteiger charge is 2.27.